The molecular weight excluding hydrogens is 250 g/mol. The van der Waals surface area contributed by atoms with Crippen molar-refractivity contribution in [3.63, 3.8) is 0 Å². The van der Waals surface area contributed by atoms with Crippen molar-refractivity contribution < 1.29 is 9.90 Å². The standard InChI is InChI=1S/C14H16ClNO2/c15-10-2-1-3-11(13(10)14(17)18)16-12-7-8-4-5-9(12)6-8/h1-3,8-9,12,16H,4-7H2,(H,17,18). The number of carboxylic acids is 1. The quantitative estimate of drug-likeness (QED) is 0.877. The van der Waals surface area contributed by atoms with Crippen LogP contribution in [0.1, 0.15) is 36.0 Å². The maximum Gasteiger partial charge on any atom is 0.339 e. The van der Waals surface area contributed by atoms with Crippen molar-refractivity contribution in [1.29, 1.82) is 0 Å². The summed E-state index contributed by atoms with van der Waals surface area (Å²) in [6.07, 6.45) is 5.06. The number of fused-ring (bicyclic) bond motifs is 2. The molecule has 1 aromatic carbocycles. The molecule has 0 aliphatic heterocycles. The van der Waals surface area contributed by atoms with Crippen molar-refractivity contribution in [3.8, 4) is 0 Å². The maximum atomic E-state index is 11.3. The minimum Gasteiger partial charge on any atom is -0.478 e. The molecular formula is C14H16ClNO2. The van der Waals surface area contributed by atoms with Crippen LogP contribution in [0.15, 0.2) is 18.2 Å². The van der Waals surface area contributed by atoms with E-state index in [9.17, 15) is 9.90 Å². The Kier molecular flexibility index (Phi) is 2.94. The first-order chi connectivity index (χ1) is 8.65. The van der Waals surface area contributed by atoms with Gasteiger partial charge in [0, 0.05) is 6.04 Å². The van der Waals surface area contributed by atoms with Gasteiger partial charge in [0.05, 0.1) is 10.7 Å². The van der Waals surface area contributed by atoms with E-state index in [1.165, 1.54) is 19.3 Å². The van der Waals surface area contributed by atoms with Gasteiger partial charge < -0.3 is 10.4 Å². The molecule has 4 heteroatoms. The molecule has 0 amide bonds. The molecule has 18 heavy (non-hydrogen) atoms. The van der Waals surface area contributed by atoms with Crippen LogP contribution in [0, 0.1) is 11.8 Å². The molecule has 3 nitrogen and oxygen atoms in total. The number of hydrogen-bond donors (Lipinski definition) is 2. The molecule has 96 valence electrons. The zero-order valence-corrected chi connectivity index (χ0v) is 10.8. The zero-order chi connectivity index (χ0) is 12.7. The minimum absolute atomic E-state index is 0.196. The van der Waals surface area contributed by atoms with Crippen LogP contribution < -0.4 is 5.32 Å². The highest BCUT2D eigenvalue weighted by Gasteiger charge is 2.39. The summed E-state index contributed by atoms with van der Waals surface area (Å²) in [6.45, 7) is 0. The lowest BCUT2D eigenvalue weighted by Gasteiger charge is -2.25. The Hall–Kier alpha value is -1.22. The molecule has 1 aromatic rings. The third-order valence-electron chi connectivity index (χ3n) is 4.31. The summed E-state index contributed by atoms with van der Waals surface area (Å²) in [5.41, 5.74) is 0.856. The predicted molar refractivity (Wildman–Crippen MR) is 71.3 cm³/mol. The molecule has 0 saturated heterocycles. The molecule has 2 saturated carbocycles. The highest BCUT2D eigenvalue weighted by atomic mass is 35.5. The summed E-state index contributed by atoms with van der Waals surface area (Å²) in [5, 5.41) is 12.9. The number of rotatable bonds is 3. The molecule has 0 spiro atoms. The van der Waals surface area contributed by atoms with E-state index in [1.54, 1.807) is 18.2 Å². The van der Waals surface area contributed by atoms with Gasteiger partial charge in [0.15, 0.2) is 0 Å². The molecule has 2 aliphatic rings. The summed E-state index contributed by atoms with van der Waals surface area (Å²) in [7, 11) is 0. The fraction of sp³-hybridized carbons (Fsp3) is 0.500. The second kappa shape index (κ2) is 4.47. The molecule has 0 heterocycles. The number of anilines is 1. The van der Waals surface area contributed by atoms with Gasteiger partial charge in [-0.2, -0.15) is 0 Å². The van der Waals surface area contributed by atoms with Gasteiger partial charge in [-0.3, -0.25) is 0 Å². The van der Waals surface area contributed by atoms with E-state index in [0.29, 0.717) is 22.7 Å². The van der Waals surface area contributed by atoms with Gasteiger partial charge in [-0.15, -0.1) is 0 Å². The van der Waals surface area contributed by atoms with E-state index < -0.39 is 5.97 Å². The van der Waals surface area contributed by atoms with Gasteiger partial charge in [0.1, 0.15) is 5.56 Å². The highest BCUT2D eigenvalue weighted by molar-refractivity contribution is 6.34. The lowest BCUT2D eigenvalue weighted by Crippen LogP contribution is -2.26. The molecule has 2 aliphatic carbocycles. The lowest BCUT2D eigenvalue weighted by atomic mass is 9.95. The van der Waals surface area contributed by atoms with Crippen LogP contribution in [0.5, 0.6) is 0 Å². The van der Waals surface area contributed by atoms with Crippen molar-refractivity contribution in [3.05, 3.63) is 28.8 Å². The Morgan fingerprint density at radius 2 is 2.17 bits per heavy atom. The molecule has 3 rings (SSSR count). The van der Waals surface area contributed by atoms with E-state index in [1.807, 2.05) is 0 Å². The van der Waals surface area contributed by atoms with Crippen LogP contribution in [-0.2, 0) is 0 Å². The molecule has 0 aromatic heterocycles. The molecule has 2 N–H and O–H groups in total. The third kappa shape index (κ3) is 1.97. The van der Waals surface area contributed by atoms with Gasteiger partial charge in [-0.25, -0.2) is 4.79 Å². The smallest absolute Gasteiger partial charge is 0.339 e. The molecule has 0 radical (unpaired) electrons. The Morgan fingerprint density at radius 1 is 1.33 bits per heavy atom. The predicted octanol–water partition coefficient (Wildman–Crippen LogP) is 3.64. The van der Waals surface area contributed by atoms with E-state index in [0.717, 1.165) is 12.3 Å². The van der Waals surface area contributed by atoms with Crippen LogP contribution in [0.25, 0.3) is 0 Å². The maximum absolute atomic E-state index is 11.3. The minimum atomic E-state index is -0.966. The zero-order valence-electron chi connectivity index (χ0n) is 10.0. The molecule has 3 unspecified atom stereocenters. The average Bonchev–Trinajstić information content (AvgIpc) is 2.90. The van der Waals surface area contributed by atoms with Gasteiger partial charge in [0.2, 0.25) is 0 Å². The Morgan fingerprint density at radius 3 is 2.78 bits per heavy atom. The summed E-state index contributed by atoms with van der Waals surface area (Å²) < 4.78 is 0. The van der Waals surface area contributed by atoms with E-state index in [4.69, 9.17) is 11.6 Å². The van der Waals surface area contributed by atoms with Crippen LogP contribution in [0.4, 0.5) is 5.69 Å². The topological polar surface area (TPSA) is 49.3 Å². The number of benzene rings is 1. The Labute approximate surface area is 111 Å². The lowest BCUT2D eigenvalue weighted by molar-refractivity contribution is 0.0698. The number of nitrogens with one attached hydrogen (secondary N) is 1. The fourth-order valence-corrected chi connectivity index (χ4v) is 3.74. The monoisotopic (exact) mass is 265 g/mol. The molecule has 2 fully saturated rings. The normalized spacial score (nSPS) is 29.5. The van der Waals surface area contributed by atoms with Crippen molar-refractivity contribution in [2.45, 2.75) is 31.7 Å². The van der Waals surface area contributed by atoms with Crippen LogP contribution >= 0.6 is 11.6 Å². The van der Waals surface area contributed by atoms with Gasteiger partial charge in [0.25, 0.3) is 0 Å². The molecule has 2 bridgehead atoms. The number of hydrogen-bond acceptors (Lipinski definition) is 2. The summed E-state index contributed by atoms with van der Waals surface area (Å²) in [4.78, 5) is 11.3. The first-order valence-corrected chi connectivity index (χ1v) is 6.81. The number of carbonyl (C=O) groups is 1. The van der Waals surface area contributed by atoms with Crippen LogP contribution in [-0.4, -0.2) is 17.1 Å². The van der Waals surface area contributed by atoms with Gasteiger partial charge in [-0.1, -0.05) is 24.1 Å². The van der Waals surface area contributed by atoms with Gasteiger partial charge >= 0.3 is 5.97 Å². The second-order valence-corrected chi connectivity index (χ2v) is 5.80. The first kappa shape index (κ1) is 11.8. The fourth-order valence-electron chi connectivity index (χ4n) is 3.48. The Balaban J connectivity index is 1.84. The number of halogens is 1. The summed E-state index contributed by atoms with van der Waals surface area (Å²) in [6, 6.07) is 5.64. The third-order valence-corrected chi connectivity index (χ3v) is 4.62. The summed E-state index contributed by atoms with van der Waals surface area (Å²) >= 11 is 5.97. The van der Waals surface area contributed by atoms with E-state index >= 15 is 0 Å². The highest BCUT2D eigenvalue weighted by Crippen LogP contribution is 2.45. The average molecular weight is 266 g/mol. The van der Waals surface area contributed by atoms with E-state index in [2.05, 4.69) is 5.32 Å². The molecule has 3 atom stereocenters. The second-order valence-electron chi connectivity index (χ2n) is 5.39. The largest absolute Gasteiger partial charge is 0.478 e. The number of aromatic carboxylic acids is 1. The van der Waals surface area contributed by atoms with Crippen molar-refractivity contribution >= 4 is 23.3 Å². The van der Waals surface area contributed by atoms with Crippen molar-refractivity contribution in [2.24, 2.45) is 11.8 Å². The summed E-state index contributed by atoms with van der Waals surface area (Å²) in [5.74, 6) is 0.571. The van der Waals surface area contributed by atoms with Crippen molar-refractivity contribution in [1.82, 2.24) is 0 Å². The van der Waals surface area contributed by atoms with E-state index in [-0.39, 0.29) is 5.56 Å². The van der Waals surface area contributed by atoms with Crippen LogP contribution in [0.2, 0.25) is 5.02 Å². The van der Waals surface area contributed by atoms with Gasteiger partial charge in [-0.05, 0) is 43.2 Å². The van der Waals surface area contributed by atoms with Crippen LogP contribution in [0.3, 0.4) is 0 Å². The Bertz CT molecular complexity index is 489. The SMILES string of the molecule is O=C(O)c1c(Cl)cccc1NC1CC2CCC1C2. The van der Waals surface area contributed by atoms with Crippen molar-refractivity contribution in [2.75, 3.05) is 5.32 Å². The number of carboxylic acid groups (broad SMARTS) is 1. The first-order valence-electron chi connectivity index (χ1n) is 6.43.